The Labute approximate surface area is 99.7 Å². The highest BCUT2D eigenvalue weighted by molar-refractivity contribution is 5.85. The monoisotopic (exact) mass is 239 g/mol. The summed E-state index contributed by atoms with van der Waals surface area (Å²) in [5.41, 5.74) is 7.11. The molecule has 86 valence electrons. The zero-order valence-electron chi connectivity index (χ0n) is 9.03. The van der Waals surface area contributed by atoms with Crippen LogP contribution in [0.15, 0.2) is 33.5 Å². The molecule has 0 aliphatic rings. The molecule has 4 heteroatoms. The number of nitrogens with two attached hydrogens (primary N) is 1. The molecule has 2 N–H and O–H groups in total. The topological polar surface area (TPSA) is 56.2 Å². The van der Waals surface area contributed by atoms with Gasteiger partial charge in [0.1, 0.15) is 11.3 Å². The molecule has 1 heterocycles. The fourth-order valence-corrected chi connectivity index (χ4v) is 1.59. The first-order valence-electron chi connectivity index (χ1n) is 4.94. The van der Waals surface area contributed by atoms with E-state index in [9.17, 15) is 4.79 Å². The van der Waals surface area contributed by atoms with Crippen molar-refractivity contribution in [3.05, 3.63) is 45.8 Å². The van der Waals surface area contributed by atoms with Crippen molar-refractivity contribution in [2.45, 2.75) is 13.3 Å². The van der Waals surface area contributed by atoms with Crippen LogP contribution in [0, 0.1) is 6.92 Å². The van der Waals surface area contributed by atoms with Gasteiger partial charge in [0, 0.05) is 12.5 Å². The molecule has 0 amide bonds. The number of fused-ring (bicyclic) bond motifs is 1. The largest absolute Gasteiger partial charge is 0.461 e. The normalized spacial score (nSPS) is 10.1. The first-order valence-corrected chi connectivity index (χ1v) is 4.94. The molecule has 2 aromatic rings. The van der Waals surface area contributed by atoms with Gasteiger partial charge in [-0.25, -0.2) is 0 Å². The van der Waals surface area contributed by atoms with Crippen LogP contribution in [0.4, 0.5) is 0 Å². The van der Waals surface area contributed by atoms with Gasteiger partial charge in [-0.2, -0.15) is 0 Å². The van der Waals surface area contributed by atoms with E-state index >= 15 is 0 Å². The van der Waals surface area contributed by atoms with Gasteiger partial charge < -0.3 is 10.2 Å². The molecule has 0 aliphatic carbocycles. The molecular formula is C12H14ClNO2. The standard InChI is InChI=1S/C12H13NO2.ClH/c1-8-2-3-12-10(6-8)11(14)7-9(15-12)4-5-13;/h2-3,6-7H,4-5,13H2,1H3;1H. The van der Waals surface area contributed by atoms with E-state index in [-0.39, 0.29) is 17.8 Å². The smallest absolute Gasteiger partial charge is 0.192 e. The highest BCUT2D eigenvalue weighted by atomic mass is 35.5. The van der Waals surface area contributed by atoms with Gasteiger partial charge in [-0.1, -0.05) is 11.6 Å². The molecule has 0 unspecified atom stereocenters. The molecule has 0 aliphatic heterocycles. The predicted octanol–water partition coefficient (Wildman–Crippen LogP) is 2.02. The SMILES string of the molecule is Cc1ccc2oc(CCN)cc(=O)c2c1.Cl. The zero-order chi connectivity index (χ0) is 10.8. The second-order valence-electron chi connectivity index (χ2n) is 3.62. The Kier molecular flexibility index (Phi) is 4.10. The zero-order valence-corrected chi connectivity index (χ0v) is 9.84. The van der Waals surface area contributed by atoms with Crippen LogP contribution >= 0.6 is 12.4 Å². The quantitative estimate of drug-likeness (QED) is 0.873. The van der Waals surface area contributed by atoms with Gasteiger partial charge in [-0.3, -0.25) is 4.79 Å². The van der Waals surface area contributed by atoms with Gasteiger partial charge >= 0.3 is 0 Å². The van der Waals surface area contributed by atoms with E-state index < -0.39 is 0 Å². The van der Waals surface area contributed by atoms with Crippen molar-refractivity contribution in [1.29, 1.82) is 0 Å². The van der Waals surface area contributed by atoms with Gasteiger partial charge in [0.2, 0.25) is 0 Å². The van der Waals surface area contributed by atoms with Gasteiger partial charge in [0.15, 0.2) is 5.43 Å². The summed E-state index contributed by atoms with van der Waals surface area (Å²) in [7, 11) is 0. The first kappa shape index (κ1) is 12.7. The molecule has 1 aromatic carbocycles. The molecule has 1 aromatic heterocycles. The second-order valence-corrected chi connectivity index (χ2v) is 3.62. The third-order valence-electron chi connectivity index (χ3n) is 2.32. The van der Waals surface area contributed by atoms with Crippen LogP contribution < -0.4 is 11.2 Å². The number of hydrogen-bond donors (Lipinski definition) is 1. The average Bonchev–Trinajstić information content (AvgIpc) is 2.20. The summed E-state index contributed by atoms with van der Waals surface area (Å²) in [6.45, 7) is 2.44. The maximum Gasteiger partial charge on any atom is 0.192 e. The van der Waals surface area contributed by atoms with Crippen molar-refractivity contribution in [3.8, 4) is 0 Å². The van der Waals surface area contributed by atoms with Crippen molar-refractivity contribution in [2.75, 3.05) is 6.54 Å². The Morgan fingerprint density at radius 3 is 2.75 bits per heavy atom. The van der Waals surface area contributed by atoms with E-state index in [1.165, 1.54) is 6.07 Å². The summed E-state index contributed by atoms with van der Waals surface area (Å²) in [6, 6.07) is 7.12. The van der Waals surface area contributed by atoms with Crippen LogP contribution in [-0.2, 0) is 6.42 Å². The lowest BCUT2D eigenvalue weighted by Gasteiger charge is -2.01. The lowest BCUT2D eigenvalue weighted by Crippen LogP contribution is -2.07. The highest BCUT2D eigenvalue weighted by Crippen LogP contribution is 2.14. The van der Waals surface area contributed by atoms with Crippen LogP contribution in [-0.4, -0.2) is 6.54 Å². The van der Waals surface area contributed by atoms with Crippen molar-refractivity contribution >= 4 is 23.4 Å². The van der Waals surface area contributed by atoms with E-state index in [4.69, 9.17) is 10.2 Å². The minimum Gasteiger partial charge on any atom is -0.461 e. The Morgan fingerprint density at radius 1 is 1.31 bits per heavy atom. The number of benzene rings is 1. The van der Waals surface area contributed by atoms with E-state index in [1.54, 1.807) is 0 Å². The third-order valence-corrected chi connectivity index (χ3v) is 2.32. The van der Waals surface area contributed by atoms with Crippen LogP contribution in [0.5, 0.6) is 0 Å². The van der Waals surface area contributed by atoms with Crippen molar-refractivity contribution in [2.24, 2.45) is 5.73 Å². The van der Waals surface area contributed by atoms with Gasteiger partial charge in [0.25, 0.3) is 0 Å². The fourth-order valence-electron chi connectivity index (χ4n) is 1.59. The van der Waals surface area contributed by atoms with Gasteiger partial charge in [0.05, 0.1) is 5.39 Å². The van der Waals surface area contributed by atoms with Gasteiger partial charge in [-0.05, 0) is 25.6 Å². The molecule has 16 heavy (non-hydrogen) atoms. The number of hydrogen-bond acceptors (Lipinski definition) is 3. The lowest BCUT2D eigenvalue weighted by atomic mass is 10.1. The number of halogens is 1. The lowest BCUT2D eigenvalue weighted by molar-refractivity contribution is 0.537. The third kappa shape index (κ3) is 2.43. The second kappa shape index (κ2) is 5.14. The van der Waals surface area contributed by atoms with E-state index in [2.05, 4.69) is 0 Å². The Hall–Kier alpha value is -1.32. The Morgan fingerprint density at radius 2 is 2.06 bits per heavy atom. The molecule has 0 saturated carbocycles. The maximum atomic E-state index is 11.7. The van der Waals surface area contributed by atoms with E-state index in [0.717, 1.165) is 5.56 Å². The number of aryl methyl sites for hydroxylation is 1. The summed E-state index contributed by atoms with van der Waals surface area (Å²) < 4.78 is 5.56. The molecule has 0 spiro atoms. The molecule has 2 rings (SSSR count). The fraction of sp³-hybridized carbons (Fsp3) is 0.250. The van der Waals surface area contributed by atoms with Crippen LogP contribution in [0.2, 0.25) is 0 Å². The first-order chi connectivity index (χ1) is 7.20. The van der Waals surface area contributed by atoms with Crippen LogP contribution in [0.25, 0.3) is 11.0 Å². The molecule has 0 radical (unpaired) electrons. The molecular weight excluding hydrogens is 226 g/mol. The molecule has 0 fully saturated rings. The van der Waals surface area contributed by atoms with E-state index in [0.29, 0.717) is 29.7 Å². The Bertz CT molecular complexity index is 548. The highest BCUT2D eigenvalue weighted by Gasteiger charge is 2.03. The van der Waals surface area contributed by atoms with Crippen LogP contribution in [0.3, 0.4) is 0 Å². The molecule has 0 saturated heterocycles. The summed E-state index contributed by atoms with van der Waals surface area (Å²) in [5, 5.41) is 0.635. The maximum absolute atomic E-state index is 11.7. The molecule has 0 atom stereocenters. The summed E-state index contributed by atoms with van der Waals surface area (Å²) in [5.74, 6) is 0.652. The number of rotatable bonds is 2. The minimum absolute atomic E-state index is 0. The van der Waals surface area contributed by atoms with E-state index in [1.807, 2.05) is 25.1 Å². The van der Waals surface area contributed by atoms with Crippen molar-refractivity contribution in [3.63, 3.8) is 0 Å². The van der Waals surface area contributed by atoms with Gasteiger partial charge in [-0.15, -0.1) is 12.4 Å². The molecule has 0 bridgehead atoms. The Balaban J connectivity index is 0.00000128. The molecule has 3 nitrogen and oxygen atoms in total. The van der Waals surface area contributed by atoms with Crippen LogP contribution in [0.1, 0.15) is 11.3 Å². The summed E-state index contributed by atoms with van der Waals surface area (Å²) in [6.07, 6.45) is 0.596. The minimum atomic E-state index is 0. The van der Waals surface area contributed by atoms with Crippen molar-refractivity contribution < 1.29 is 4.42 Å². The summed E-state index contributed by atoms with van der Waals surface area (Å²) >= 11 is 0. The van der Waals surface area contributed by atoms with Crippen molar-refractivity contribution in [1.82, 2.24) is 0 Å². The predicted molar refractivity (Wildman–Crippen MR) is 67.2 cm³/mol. The average molecular weight is 240 g/mol. The summed E-state index contributed by atoms with van der Waals surface area (Å²) in [4.78, 5) is 11.7.